The number of fused-ring (bicyclic) bond motifs is 1. The van der Waals surface area contributed by atoms with E-state index in [0.29, 0.717) is 29.8 Å². The topological polar surface area (TPSA) is 73.7 Å². The largest absolute Gasteiger partial charge is 0.503 e. The molecule has 0 bridgehead atoms. The monoisotopic (exact) mass is 382 g/mol. The van der Waals surface area contributed by atoms with Crippen LogP contribution in [0.25, 0.3) is 6.08 Å². The second kappa shape index (κ2) is 6.90. The van der Waals surface area contributed by atoms with Crippen molar-refractivity contribution in [2.24, 2.45) is 0 Å². The highest BCUT2D eigenvalue weighted by Crippen LogP contribution is 2.46. The quantitative estimate of drug-likeness (QED) is 0.615. The number of aromatic nitrogens is 1. The first-order valence-corrected chi connectivity index (χ1v) is 8.13. The molecule has 0 fully saturated rings. The Bertz CT molecular complexity index is 869. The molecular weight excluding hydrogens is 370 g/mol. The zero-order chi connectivity index (χ0) is 18.1. The fourth-order valence-electron chi connectivity index (χ4n) is 2.64. The number of pyridine rings is 1. The molecule has 0 saturated carbocycles. The van der Waals surface area contributed by atoms with E-state index in [1.807, 2.05) is 0 Å². The first kappa shape index (κ1) is 17.5. The van der Waals surface area contributed by atoms with Crippen LogP contribution >= 0.6 is 23.2 Å². The standard InChI is InChI=1S/C17H13Cl2FN2O3/c18-14-11-5-6-22(8-12(11)15(19)17(25)16(14)24)13(23)4-3-10-2-1-9(20)7-21-10/h1-4,7,24-25H,5-6,8H2/b4-3+. The molecule has 0 unspecified atom stereocenters. The number of aromatic hydroxyl groups is 2. The average Bonchev–Trinajstić information content (AvgIpc) is 2.63. The lowest BCUT2D eigenvalue weighted by atomic mass is 9.98. The first-order chi connectivity index (χ1) is 11.9. The summed E-state index contributed by atoms with van der Waals surface area (Å²) in [7, 11) is 0. The molecule has 0 radical (unpaired) electrons. The van der Waals surface area contributed by atoms with Crippen LogP contribution in [-0.4, -0.2) is 32.5 Å². The van der Waals surface area contributed by atoms with E-state index in [4.69, 9.17) is 23.2 Å². The second-order valence-corrected chi connectivity index (χ2v) is 6.28. The summed E-state index contributed by atoms with van der Waals surface area (Å²) < 4.78 is 12.8. The van der Waals surface area contributed by atoms with Gasteiger partial charge in [0.1, 0.15) is 5.82 Å². The van der Waals surface area contributed by atoms with Crippen LogP contribution in [0.5, 0.6) is 11.5 Å². The smallest absolute Gasteiger partial charge is 0.246 e. The van der Waals surface area contributed by atoms with Crippen molar-refractivity contribution in [1.29, 1.82) is 0 Å². The molecule has 130 valence electrons. The van der Waals surface area contributed by atoms with Crippen LogP contribution in [0.2, 0.25) is 10.0 Å². The molecule has 2 N–H and O–H groups in total. The molecular formula is C17H13Cl2FN2O3. The third-order valence-electron chi connectivity index (χ3n) is 3.97. The van der Waals surface area contributed by atoms with Crippen LogP contribution in [0.4, 0.5) is 4.39 Å². The van der Waals surface area contributed by atoms with Gasteiger partial charge in [-0.2, -0.15) is 0 Å². The molecule has 2 heterocycles. The summed E-state index contributed by atoms with van der Waals surface area (Å²) in [6.07, 6.45) is 4.29. The fourth-order valence-corrected chi connectivity index (χ4v) is 3.20. The summed E-state index contributed by atoms with van der Waals surface area (Å²) >= 11 is 12.1. The fraction of sp³-hybridized carbons (Fsp3) is 0.176. The van der Waals surface area contributed by atoms with E-state index < -0.39 is 17.3 Å². The Balaban J connectivity index is 1.80. The molecule has 1 amide bonds. The van der Waals surface area contributed by atoms with Gasteiger partial charge in [0.05, 0.1) is 21.9 Å². The van der Waals surface area contributed by atoms with Crippen LogP contribution in [0.1, 0.15) is 16.8 Å². The Kier molecular flexibility index (Phi) is 4.83. The lowest BCUT2D eigenvalue weighted by Gasteiger charge is -2.29. The summed E-state index contributed by atoms with van der Waals surface area (Å²) in [5, 5.41) is 19.6. The van der Waals surface area contributed by atoms with Crippen molar-refractivity contribution in [3.05, 3.63) is 57.1 Å². The molecule has 1 aromatic heterocycles. The normalized spacial score (nSPS) is 14.0. The number of phenols is 2. The van der Waals surface area contributed by atoms with E-state index in [0.717, 1.165) is 6.20 Å². The SMILES string of the molecule is O=C(/C=C/c1ccc(F)cn1)N1CCc2c(Cl)c(O)c(O)c(Cl)c2C1. The van der Waals surface area contributed by atoms with Gasteiger partial charge in [0.15, 0.2) is 11.5 Å². The van der Waals surface area contributed by atoms with Gasteiger partial charge in [-0.3, -0.25) is 9.78 Å². The Morgan fingerprint density at radius 1 is 1.20 bits per heavy atom. The number of carbonyl (C=O) groups is 1. The minimum atomic E-state index is -0.495. The third-order valence-corrected chi connectivity index (χ3v) is 4.79. The Labute approximate surface area is 152 Å². The van der Waals surface area contributed by atoms with E-state index in [2.05, 4.69) is 4.98 Å². The van der Waals surface area contributed by atoms with Crippen LogP contribution in [0.15, 0.2) is 24.4 Å². The van der Waals surface area contributed by atoms with Gasteiger partial charge in [0.25, 0.3) is 0 Å². The van der Waals surface area contributed by atoms with Gasteiger partial charge < -0.3 is 15.1 Å². The number of carbonyl (C=O) groups excluding carboxylic acids is 1. The number of hydrogen-bond donors (Lipinski definition) is 2. The number of halogens is 3. The highest BCUT2D eigenvalue weighted by molar-refractivity contribution is 6.36. The van der Waals surface area contributed by atoms with Crippen LogP contribution in [0, 0.1) is 5.82 Å². The summed E-state index contributed by atoms with van der Waals surface area (Å²) in [6.45, 7) is 0.537. The number of nitrogens with zero attached hydrogens (tertiary/aromatic N) is 2. The lowest BCUT2D eigenvalue weighted by Crippen LogP contribution is -2.35. The summed E-state index contributed by atoms with van der Waals surface area (Å²) in [4.78, 5) is 17.7. The maximum absolute atomic E-state index is 12.8. The molecule has 0 saturated heterocycles. The summed E-state index contributed by atoms with van der Waals surface area (Å²) in [6, 6.07) is 2.72. The maximum atomic E-state index is 12.8. The van der Waals surface area contributed by atoms with Crippen molar-refractivity contribution in [1.82, 2.24) is 9.88 Å². The van der Waals surface area contributed by atoms with Crippen molar-refractivity contribution in [3.8, 4) is 11.5 Å². The average molecular weight is 383 g/mol. The molecule has 2 aromatic rings. The number of amides is 1. The Morgan fingerprint density at radius 3 is 2.52 bits per heavy atom. The van der Waals surface area contributed by atoms with Gasteiger partial charge in [0.2, 0.25) is 5.91 Å². The molecule has 3 rings (SSSR count). The molecule has 0 aliphatic carbocycles. The van der Waals surface area contributed by atoms with Crippen molar-refractivity contribution in [2.75, 3.05) is 6.54 Å². The minimum Gasteiger partial charge on any atom is -0.503 e. The van der Waals surface area contributed by atoms with E-state index in [-0.39, 0.29) is 22.5 Å². The molecule has 5 nitrogen and oxygen atoms in total. The minimum absolute atomic E-state index is 0.0152. The molecule has 1 aliphatic rings. The summed E-state index contributed by atoms with van der Waals surface area (Å²) in [5.74, 6) is -1.68. The maximum Gasteiger partial charge on any atom is 0.246 e. The van der Waals surface area contributed by atoms with Gasteiger partial charge >= 0.3 is 0 Å². The predicted molar refractivity (Wildman–Crippen MR) is 92.1 cm³/mol. The Morgan fingerprint density at radius 2 is 1.88 bits per heavy atom. The molecule has 0 atom stereocenters. The van der Waals surface area contributed by atoms with E-state index in [1.54, 1.807) is 0 Å². The van der Waals surface area contributed by atoms with Gasteiger partial charge in [-0.15, -0.1) is 0 Å². The number of phenolic OH excluding ortho intramolecular Hbond substituents is 2. The molecule has 1 aliphatic heterocycles. The highest BCUT2D eigenvalue weighted by atomic mass is 35.5. The number of hydrogen-bond acceptors (Lipinski definition) is 4. The van der Waals surface area contributed by atoms with Crippen molar-refractivity contribution in [2.45, 2.75) is 13.0 Å². The van der Waals surface area contributed by atoms with Crippen molar-refractivity contribution in [3.63, 3.8) is 0 Å². The molecule has 1 aromatic carbocycles. The van der Waals surface area contributed by atoms with Gasteiger partial charge in [0, 0.05) is 19.2 Å². The van der Waals surface area contributed by atoms with Crippen molar-refractivity contribution >= 4 is 35.2 Å². The van der Waals surface area contributed by atoms with Gasteiger partial charge in [-0.05, 0) is 35.8 Å². The molecule has 8 heteroatoms. The van der Waals surface area contributed by atoms with Crippen LogP contribution < -0.4 is 0 Å². The Hall–Kier alpha value is -2.31. The first-order valence-electron chi connectivity index (χ1n) is 7.37. The van der Waals surface area contributed by atoms with Crippen LogP contribution in [-0.2, 0) is 17.8 Å². The number of rotatable bonds is 2. The van der Waals surface area contributed by atoms with Crippen LogP contribution in [0.3, 0.4) is 0 Å². The predicted octanol–water partition coefficient (Wildman–Crippen LogP) is 3.54. The highest BCUT2D eigenvalue weighted by Gasteiger charge is 2.28. The summed E-state index contributed by atoms with van der Waals surface area (Å²) in [5.41, 5.74) is 1.58. The van der Waals surface area contributed by atoms with E-state index >= 15 is 0 Å². The van der Waals surface area contributed by atoms with Crippen molar-refractivity contribution < 1.29 is 19.4 Å². The molecule has 25 heavy (non-hydrogen) atoms. The second-order valence-electron chi connectivity index (χ2n) is 5.53. The van der Waals surface area contributed by atoms with Gasteiger partial charge in [-0.1, -0.05) is 23.2 Å². The third kappa shape index (κ3) is 3.41. The molecule has 0 spiro atoms. The lowest BCUT2D eigenvalue weighted by molar-refractivity contribution is -0.126. The van der Waals surface area contributed by atoms with Gasteiger partial charge in [-0.25, -0.2) is 4.39 Å². The van der Waals surface area contributed by atoms with E-state index in [1.165, 1.54) is 29.2 Å². The zero-order valence-electron chi connectivity index (χ0n) is 12.8. The number of benzene rings is 1. The van der Waals surface area contributed by atoms with E-state index in [9.17, 15) is 19.4 Å². The zero-order valence-corrected chi connectivity index (χ0v) is 14.4.